The van der Waals surface area contributed by atoms with Crippen LogP contribution in [0.1, 0.15) is 62.6 Å². The third kappa shape index (κ3) is 5.67. The van der Waals surface area contributed by atoms with Crippen LogP contribution in [-0.2, 0) is 16.0 Å². The topological polar surface area (TPSA) is 67.9 Å². The van der Waals surface area contributed by atoms with Gasteiger partial charge in [-0.25, -0.2) is 0 Å². The molecule has 1 fully saturated rings. The second-order valence-electron chi connectivity index (χ2n) is 9.29. The number of hydrogen-bond donors (Lipinski definition) is 1. The summed E-state index contributed by atoms with van der Waals surface area (Å²) in [6.07, 6.45) is 0.937. The molecule has 0 aliphatic carbocycles. The largest absolute Gasteiger partial charge is 0.493 e. The van der Waals surface area contributed by atoms with Crippen LogP contribution in [0.2, 0.25) is 0 Å². The van der Waals surface area contributed by atoms with Crippen molar-refractivity contribution in [1.82, 2.24) is 4.90 Å². The van der Waals surface area contributed by atoms with Crippen molar-refractivity contribution in [3.05, 3.63) is 53.1 Å². The molecule has 1 saturated heterocycles. The zero-order valence-electron chi connectivity index (χ0n) is 20.6. The van der Waals surface area contributed by atoms with E-state index in [2.05, 4.69) is 51.2 Å². The Labute approximate surface area is 197 Å². The lowest BCUT2D eigenvalue weighted by molar-refractivity contribution is -0.128. The van der Waals surface area contributed by atoms with Gasteiger partial charge in [-0.05, 0) is 47.1 Å². The van der Waals surface area contributed by atoms with E-state index in [4.69, 9.17) is 9.47 Å². The summed E-state index contributed by atoms with van der Waals surface area (Å²) in [7, 11) is 3.21. The van der Waals surface area contributed by atoms with Crippen LogP contribution in [0.25, 0.3) is 0 Å². The van der Waals surface area contributed by atoms with Crippen molar-refractivity contribution in [2.45, 2.75) is 52.4 Å². The number of methoxy groups -OCH3 is 2. The maximum Gasteiger partial charge on any atom is 0.229 e. The number of nitrogens with one attached hydrogen (secondary N) is 1. The third-order valence-corrected chi connectivity index (χ3v) is 6.32. The number of nitrogens with zero attached hydrogens (tertiary/aromatic N) is 1. The van der Waals surface area contributed by atoms with Crippen molar-refractivity contribution in [1.29, 1.82) is 0 Å². The van der Waals surface area contributed by atoms with Gasteiger partial charge in [0, 0.05) is 25.2 Å². The highest BCUT2D eigenvalue weighted by Gasteiger charge is 2.34. The molecule has 178 valence electrons. The van der Waals surface area contributed by atoms with Crippen molar-refractivity contribution in [3.63, 3.8) is 0 Å². The van der Waals surface area contributed by atoms with Gasteiger partial charge in [-0.15, -0.1) is 0 Å². The second kappa shape index (κ2) is 10.7. The molecular formula is C27H36N2O4. The molecule has 1 aliphatic rings. The molecule has 6 nitrogen and oxygen atoms in total. The van der Waals surface area contributed by atoms with Crippen LogP contribution < -0.4 is 14.8 Å². The first kappa shape index (κ1) is 24.6. The quantitative estimate of drug-likeness (QED) is 0.583. The molecular weight excluding hydrogens is 416 g/mol. The fourth-order valence-electron chi connectivity index (χ4n) is 4.38. The van der Waals surface area contributed by atoms with Crippen LogP contribution in [-0.4, -0.2) is 44.0 Å². The molecule has 33 heavy (non-hydrogen) atoms. The maximum atomic E-state index is 13.2. The van der Waals surface area contributed by atoms with Gasteiger partial charge in [-0.3, -0.25) is 9.59 Å². The first-order chi connectivity index (χ1) is 15.7. The van der Waals surface area contributed by atoms with E-state index in [1.54, 1.807) is 19.1 Å². The van der Waals surface area contributed by atoms with Gasteiger partial charge in [-0.2, -0.15) is 0 Å². The first-order valence-corrected chi connectivity index (χ1v) is 11.7. The molecule has 2 aromatic carbocycles. The fraction of sp³-hybridized carbons (Fsp3) is 0.481. The average Bonchev–Trinajstić information content (AvgIpc) is 3.17. The highest BCUT2D eigenvalue weighted by molar-refractivity contribution is 5.98. The standard InChI is InChI=1S/C27H36N2O4/c1-17(2)21-8-7-9-22(18(3)4)26(21)28-27(31)20-15-25(30)29(16-20)13-12-19-10-11-23(32-5)24(14-19)33-6/h7-11,14,17-18,20H,12-13,15-16H2,1-6H3,(H,28,31). The van der Waals surface area contributed by atoms with E-state index >= 15 is 0 Å². The number of anilines is 1. The van der Waals surface area contributed by atoms with Gasteiger partial charge in [-0.1, -0.05) is 52.0 Å². The molecule has 3 rings (SSSR count). The summed E-state index contributed by atoms with van der Waals surface area (Å²) >= 11 is 0. The lowest BCUT2D eigenvalue weighted by atomic mass is 9.92. The van der Waals surface area contributed by atoms with Crippen LogP contribution in [0.3, 0.4) is 0 Å². The van der Waals surface area contributed by atoms with Crippen molar-refractivity contribution in [2.24, 2.45) is 5.92 Å². The number of rotatable bonds is 9. The van der Waals surface area contributed by atoms with Crippen LogP contribution >= 0.6 is 0 Å². The number of benzene rings is 2. The van der Waals surface area contributed by atoms with Crippen molar-refractivity contribution >= 4 is 17.5 Å². The number of amides is 2. The van der Waals surface area contributed by atoms with E-state index in [9.17, 15) is 9.59 Å². The minimum Gasteiger partial charge on any atom is -0.493 e. The van der Waals surface area contributed by atoms with Crippen LogP contribution in [0.15, 0.2) is 36.4 Å². The minimum atomic E-state index is -0.344. The Balaban J connectivity index is 1.67. The highest BCUT2D eigenvalue weighted by atomic mass is 16.5. The lowest BCUT2D eigenvalue weighted by Crippen LogP contribution is -2.30. The number of carbonyl (C=O) groups is 2. The second-order valence-corrected chi connectivity index (χ2v) is 9.29. The van der Waals surface area contributed by atoms with Crippen LogP contribution in [0.5, 0.6) is 11.5 Å². The molecule has 6 heteroatoms. The van der Waals surface area contributed by atoms with Gasteiger partial charge < -0.3 is 19.7 Å². The molecule has 0 bridgehead atoms. The molecule has 0 saturated carbocycles. The molecule has 1 unspecified atom stereocenters. The summed E-state index contributed by atoms with van der Waals surface area (Å²) in [5.74, 6) is 1.54. The summed E-state index contributed by atoms with van der Waals surface area (Å²) < 4.78 is 10.7. The number of carbonyl (C=O) groups excluding carboxylic acids is 2. The summed E-state index contributed by atoms with van der Waals surface area (Å²) in [4.78, 5) is 27.6. The molecule has 0 spiro atoms. The molecule has 2 amide bonds. The zero-order valence-corrected chi connectivity index (χ0v) is 20.6. The predicted octanol–water partition coefficient (Wildman–Crippen LogP) is 4.98. The Morgan fingerprint density at radius 1 is 1.03 bits per heavy atom. The highest BCUT2D eigenvalue weighted by Crippen LogP contribution is 2.33. The molecule has 1 atom stereocenters. The number of para-hydroxylation sites is 1. The molecule has 1 N–H and O–H groups in total. The van der Waals surface area contributed by atoms with Crippen molar-refractivity contribution < 1.29 is 19.1 Å². The summed E-state index contributed by atoms with van der Waals surface area (Å²) in [6, 6.07) is 12.0. The van der Waals surface area contributed by atoms with E-state index in [-0.39, 0.29) is 24.2 Å². The van der Waals surface area contributed by atoms with E-state index in [1.807, 2.05) is 18.2 Å². The predicted molar refractivity (Wildman–Crippen MR) is 131 cm³/mol. The molecule has 2 aromatic rings. The van der Waals surface area contributed by atoms with Gasteiger partial charge in [0.1, 0.15) is 0 Å². The van der Waals surface area contributed by atoms with E-state index in [0.29, 0.717) is 42.8 Å². The van der Waals surface area contributed by atoms with E-state index in [0.717, 1.165) is 22.4 Å². The van der Waals surface area contributed by atoms with Crippen LogP contribution in [0, 0.1) is 5.92 Å². The Morgan fingerprint density at radius 2 is 1.67 bits per heavy atom. The van der Waals surface area contributed by atoms with Gasteiger partial charge in [0.05, 0.1) is 20.1 Å². The van der Waals surface area contributed by atoms with E-state index in [1.165, 1.54) is 0 Å². The normalized spacial score (nSPS) is 15.9. The zero-order chi connectivity index (χ0) is 24.1. The maximum absolute atomic E-state index is 13.2. The minimum absolute atomic E-state index is 0.0249. The van der Waals surface area contributed by atoms with E-state index < -0.39 is 0 Å². The Morgan fingerprint density at radius 3 is 2.24 bits per heavy atom. The van der Waals surface area contributed by atoms with Gasteiger partial charge in [0.15, 0.2) is 11.5 Å². The monoisotopic (exact) mass is 452 g/mol. The Bertz CT molecular complexity index is 973. The number of ether oxygens (including phenoxy) is 2. The molecule has 1 aliphatic heterocycles. The smallest absolute Gasteiger partial charge is 0.229 e. The Kier molecular flexibility index (Phi) is 8.01. The molecule has 1 heterocycles. The Hall–Kier alpha value is -3.02. The van der Waals surface area contributed by atoms with Crippen LogP contribution in [0.4, 0.5) is 5.69 Å². The van der Waals surface area contributed by atoms with Crippen molar-refractivity contribution in [3.8, 4) is 11.5 Å². The van der Waals surface area contributed by atoms with Gasteiger partial charge in [0.2, 0.25) is 11.8 Å². The number of likely N-dealkylation sites (tertiary alicyclic amines) is 1. The SMILES string of the molecule is COc1ccc(CCN2CC(C(=O)Nc3c(C(C)C)cccc3C(C)C)CC2=O)cc1OC. The molecule has 0 radical (unpaired) electrons. The van der Waals surface area contributed by atoms with Gasteiger partial charge in [0.25, 0.3) is 0 Å². The third-order valence-electron chi connectivity index (χ3n) is 6.32. The first-order valence-electron chi connectivity index (χ1n) is 11.7. The lowest BCUT2D eigenvalue weighted by Gasteiger charge is -2.22. The summed E-state index contributed by atoms with van der Waals surface area (Å²) in [5, 5.41) is 3.18. The average molecular weight is 453 g/mol. The summed E-state index contributed by atoms with van der Waals surface area (Å²) in [6.45, 7) is 9.53. The van der Waals surface area contributed by atoms with Gasteiger partial charge >= 0.3 is 0 Å². The number of hydrogen-bond acceptors (Lipinski definition) is 4. The summed E-state index contributed by atoms with van der Waals surface area (Å²) in [5.41, 5.74) is 4.22. The molecule has 0 aromatic heterocycles. The fourth-order valence-corrected chi connectivity index (χ4v) is 4.38. The van der Waals surface area contributed by atoms with Crippen molar-refractivity contribution in [2.75, 3.05) is 32.6 Å².